The molecule has 0 aliphatic carbocycles. The molecule has 0 saturated carbocycles. The lowest BCUT2D eigenvalue weighted by Crippen LogP contribution is -2.44. The van der Waals surface area contributed by atoms with Crippen LogP contribution in [0, 0.1) is 13.8 Å². The Labute approximate surface area is 132 Å². The van der Waals surface area contributed by atoms with Crippen molar-refractivity contribution in [3.05, 3.63) is 41.6 Å². The Hall–Kier alpha value is -2.14. The van der Waals surface area contributed by atoms with E-state index in [-0.39, 0.29) is 0 Å². The summed E-state index contributed by atoms with van der Waals surface area (Å²) in [5, 5.41) is 3.31. The molecule has 2 aromatic rings. The van der Waals surface area contributed by atoms with Gasteiger partial charge in [-0.05, 0) is 38.6 Å². The summed E-state index contributed by atoms with van der Waals surface area (Å²) in [4.78, 5) is 13.9. The van der Waals surface area contributed by atoms with Crippen molar-refractivity contribution in [3.8, 4) is 0 Å². The molecule has 5 nitrogen and oxygen atoms in total. The van der Waals surface area contributed by atoms with Gasteiger partial charge in [-0.2, -0.15) is 4.98 Å². The first-order chi connectivity index (χ1) is 10.6. The van der Waals surface area contributed by atoms with Crippen LogP contribution in [0.15, 0.2) is 30.3 Å². The molecule has 0 unspecified atom stereocenters. The van der Waals surface area contributed by atoms with Gasteiger partial charge in [0.2, 0.25) is 5.95 Å². The zero-order chi connectivity index (χ0) is 15.5. The van der Waals surface area contributed by atoms with Gasteiger partial charge in [0, 0.05) is 43.6 Å². The maximum atomic E-state index is 4.69. The van der Waals surface area contributed by atoms with Crippen LogP contribution in [-0.4, -0.2) is 48.1 Å². The van der Waals surface area contributed by atoms with Crippen molar-refractivity contribution >= 4 is 17.5 Å². The Bertz CT molecular complexity index is 647. The normalized spacial score (nSPS) is 15.9. The molecule has 1 aliphatic rings. The molecule has 1 aromatic carbocycles. The van der Waals surface area contributed by atoms with E-state index in [2.05, 4.69) is 52.3 Å². The summed E-state index contributed by atoms with van der Waals surface area (Å²) in [6.07, 6.45) is 0. The summed E-state index contributed by atoms with van der Waals surface area (Å²) < 4.78 is 0. The fourth-order valence-corrected chi connectivity index (χ4v) is 2.66. The predicted molar refractivity (Wildman–Crippen MR) is 90.9 cm³/mol. The number of hydrogen-bond donors (Lipinski definition) is 1. The minimum Gasteiger partial charge on any atom is -0.354 e. The molecule has 0 spiro atoms. The lowest BCUT2D eigenvalue weighted by atomic mass is 10.2. The fourth-order valence-electron chi connectivity index (χ4n) is 2.66. The van der Waals surface area contributed by atoms with Gasteiger partial charge in [0.05, 0.1) is 0 Å². The molecule has 5 heteroatoms. The van der Waals surface area contributed by atoms with Crippen molar-refractivity contribution < 1.29 is 0 Å². The van der Waals surface area contributed by atoms with Crippen LogP contribution in [0.4, 0.5) is 17.5 Å². The number of rotatable bonds is 3. The quantitative estimate of drug-likeness (QED) is 0.943. The number of benzene rings is 1. The number of piperazine rings is 1. The second-order valence-corrected chi connectivity index (χ2v) is 5.98. The lowest BCUT2D eigenvalue weighted by molar-refractivity contribution is 0.312. The molecule has 116 valence electrons. The van der Waals surface area contributed by atoms with E-state index in [1.807, 2.05) is 19.1 Å². The largest absolute Gasteiger partial charge is 0.354 e. The first-order valence-corrected chi connectivity index (χ1v) is 7.73. The average molecular weight is 297 g/mol. The first kappa shape index (κ1) is 14.8. The minimum atomic E-state index is 0.666. The van der Waals surface area contributed by atoms with Gasteiger partial charge in [0.25, 0.3) is 0 Å². The van der Waals surface area contributed by atoms with E-state index in [1.54, 1.807) is 0 Å². The number of hydrogen-bond acceptors (Lipinski definition) is 5. The van der Waals surface area contributed by atoms with Gasteiger partial charge in [-0.3, -0.25) is 0 Å². The molecule has 1 fully saturated rings. The maximum absolute atomic E-state index is 4.69. The van der Waals surface area contributed by atoms with Crippen LogP contribution >= 0.6 is 0 Å². The van der Waals surface area contributed by atoms with Crippen molar-refractivity contribution in [3.63, 3.8) is 0 Å². The molecule has 0 radical (unpaired) electrons. The number of nitrogens with one attached hydrogen (secondary N) is 1. The van der Waals surface area contributed by atoms with Gasteiger partial charge < -0.3 is 15.1 Å². The van der Waals surface area contributed by atoms with E-state index < -0.39 is 0 Å². The Morgan fingerprint density at radius 1 is 1.00 bits per heavy atom. The zero-order valence-corrected chi connectivity index (χ0v) is 13.5. The molecule has 0 amide bonds. The summed E-state index contributed by atoms with van der Waals surface area (Å²) in [7, 11) is 2.16. The molecule has 1 aliphatic heterocycles. The summed E-state index contributed by atoms with van der Waals surface area (Å²) in [6, 6.07) is 10.3. The molecule has 0 atom stereocenters. The second-order valence-electron chi connectivity index (χ2n) is 5.98. The van der Waals surface area contributed by atoms with Crippen molar-refractivity contribution in [1.29, 1.82) is 0 Å². The highest BCUT2D eigenvalue weighted by Crippen LogP contribution is 2.20. The molecular formula is C17H23N5. The highest BCUT2D eigenvalue weighted by Gasteiger charge is 2.16. The van der Waals surface area contributed by atoms with Crippen LogP contribution in [0.25, 0.3) is 0 Å². The number of aromatic nitrogens is 2. The number of anilines is 3. The van der Waals surface area contributed by atoms with E-state index in [4.69, 9.17) is 4.98 Å². The summed E-state index contributed by atoms with van der Waals surface area (Å²) in [6.45, 7) is 8.27. The highest BCUT2D eigenvalue weighted by molar-refractivity contribution is 5.56. The van der Waals surface area contributed by atoms with E-state index in [1.165, 1.54) is 5.56 Å². The SMILES string of the molecule is Cc1cccc(Nc2nc(C)cc(N3CCN(C)CC3)n2)c1. The molecule has 2 heterocycles. The monoisotopic (exact) mass is 297 g/mol. The van der Waals surface area contributed by atoms with Gasteiger partial charge in [0.15, 0.2) is 0 Å². The zero-order valence-electron chi connectivity index (χ0n) is 13.5. The fraction of sp³-hybridized carbons (Fsp3) is 0.412. The third-order valence-electron chi connectivity index (χ3n) is 3.94. The molecule has 1 N–H and O–H groups in total. The topological polar surface area (TPSA) is 44.3 Å². The summed E-state index contributed by atoms with van der Waals surface area (Å²) in [5.41, 5.74) is 3.23. The Morgan fingerprint density at radius 2 is 1.77 bits per heavy atom. The van der Waals surface area contributed by atoms with Crippen molar-refractivity contribution in [2.24, 2.45) is 0 Å². The molecule has 1 saturated heterocycles. The third kappa shape index (κ3) is 3.54. The van der Waals surface area contributed by atoms with Crippen molar-refractivity contribution in [1.82, 2.24) is 14.9 Å². The average Bonchev–Trinajstić information content (AvgIpc) is 2.47. The number of aryl methyl sites for hydroxylation is 2. The summed E-state index contributed by atoms with van der Waals surface area (Å²) >= 11 is 0. The molecule has 3 rings (SSSR count). The van der Waals surface area contributed by atoms with Crippen molar-refractivity contribution in [2.75, 3.05) is 43.4 Å². The van der Waals surface area contributed by atoms with E-state index >= 15 is 0 Å². The minimum absolute atomic E-state index is 0.666. The lowest BCUT2D eigenvalue weighted by Gasteiger charge is -2.33. The third-order valence-corrected chi connectivity index (χ3v) is 3.94. The molecule has 22 heavy (non-hydrogen) atoms. The van der Waals surface area contributed by atoms with E-state index in [0.717, 1.165) is 43.4 Å². The van der Waals surface area contributed by atoms with Gasteiger partial charge in [-0.25, -0.2) is 4.98 Å². The van der Waals surface area contributed by atoms with E-state index in [0.29, 0.717) is 5.95 Å². The predicted octanol–water partition coefficient (Wildman–Crippen LogP) is 2.59. The molecule has 1 aromatic heterocycles. The standard InChI is InChI=1S/C17H23N5/c1-13-5-4-6-15(11-13)19-17-18-14(2)12-16(20-17)22-9-7-21(3)8-10-22/h4-6,11-12H,7-10H2,1-3H3,(H,18,19,20). The van der Waals surface area contributed by atoms with Gasteiger partial charge >= 0.3 is 0 Å². The Morgan fingerprint density at radius 3 is 2.50 bits per heavy atom. The Balaban J connectivity index is 1.80. The molecular weight excluding hydrogens is 274 g/mol. The Kier molecular flexibility index (Phi) is 4.24. The van der Waals surface area contributed by atoms with Gasteiger partial charge in [0.1, 0.15) is 5.82 Å². The second kappa shape index (κ2) is 6.32. The highest BCUT2D eigenvalue weighted by atomic mass is 15.3. The van der Waals surface area contributed by atoms with E-state index in [9.17, 15) is 0 Å². The van der Waals surface area contributed by atoms with Crippen LogP contribution in [0.5, 0.6) is 0 Å². The van der Waals surface area contributed by atoms with Crippen LogP contribution < -0.4 is 10.2 Å². The van der Waals surface area contributed by atoms with Crippen LogP contribution in [0.1, 0.15) is 11.3 Å². The first-order valence-electron chi connectivity index (χ1n) is 7.73. The van der Waals surface area contributed by atoms with Crippen LogP contribution in [0.2, 0.25) is 0 Å². The molecule has 0 bridgehead atoms. The number of likely N-dealkylation sites (N-methyl/N-ethyl adjacent to an activating group) is 1. The summed E-state index contributed by atoms with van der Waals surface area (Å²) in [5.74, 6) is 1.68. The smallest absolute Gasteiger partial charge is 0.229 e. The van der Waals surface area contributed by atoms with Gasteiger partial charge in [-0.1, -0.05) is 12.1 Å². The van der Waals surface area contributed by atoms with Gasteiger partial charge in [-0.15, -0.1) is 0 Å². The number of nitrogens with zero attached hydrogens (tertiary/aromatic N) is 4. The van der Waals surface area contributed by atoms with Crippen LogP contribution in [-0.2, 0) is 0 Å². The van der Waals surface area contributed by atoms with Crippen LogP contribution in [0.3, 0.4) is 0 Å². The maximum Gasteiger partial charge on any atom is 0.229 e. The van der Waals surface area contributed by atoms with Crippen molar-refractivity contribution in [2.45, 2.75) is 13.8 Å².